The number of nitrogens with zero attached hydrogens (tertiary/aromatic N) is 1. The minimum absolute atomic E-state index is 0.218. The van der Waals surface area contributed by atoms with Gasteiger partial charge in [0.15, 0.2) is 0 Å². The van der Waals surface area contributed by atoms with Gasteiger partial charge in [0.2, 0.25) is 0 Å². The molecule has 3 N–H and O–H groups in total. The Labute approximate surface area is 186 Å². The molecule has 164 valence electrons. The highest BCUT2D eigenvalue weighted by atomic mass is 19.1. The van der Waals surface area contributed by atoms with E-state index >= 15 is 0 Å². The average Bonchev–Trinajstić information content (AvgIpc) is 3.27. The highest BCUT2D eigenvalue weighted by Crippen LogP contribution is 2.41. The van der Waals surface area contributed by atoms with Crippen molar-refractivity contribution in [2.24, 2.45) is 0 Å². The number of aryl methyl sites for hydroxylation is 1. The van der Waals surface area contributed by atoms with E-state index in [0.717, 1.165) is 5.69 Å². The van der Waals surface area contributed by atoms with E-state index in [1.807, 2.05) is 25.9 Å². The number of amides is 2. The molecule has 0 radical (unpaired) electrons. The van der Waals surface area contributed by atoms with Crippen LogP contribution in [0.25, 0.3) is 22.8 Å². The average molecular weight is 432 g/mol. The van der Waals surface area contributed by atoms with Gasteiger partial charge in [-0.15, -0.1) is 0 Å². The van der Waals surface area contributed by atoms with Gasteiger partial charge in [0.1, 0.15) is 5.82 Å². The lowest BCUT2D eigenvalue weighted by atomic mass is 9.94. The third-order valence-corrected chi connectivity index (χ3v) is 5.35. The largest absolute Gasteiger partial charge is 0.358 e. The zero-order valence-corrected chi connectivity index (χ0v) is 18.3. The van der Waals surface area contributed by atoms with Crippen LogP contribution >= 0.6 is 0 Å². The van der Waals surface area contributed by atoms with Crippen molar-refractivity contribution in [3.05, 3.63) is 76.9 Å². The summed E-state index contributed by atoms with van der Waals surface area (Å²) in [6.45, 7) is 3.08. The van der Waals surface area contributed by atoms with E-state index in [2.05, 4.69) is 15.6 Å². The molecule has 3 aromatic rings. The maximum absolute atomic E-state index is 14.6. The van der Waals surface area contributed by atoms with Gasteiger partial charge in [-0.2, -0.15) is 0 Å². The molecule has 0 saturated carbocycles. The van der Waals surface area contributed by atoms with Crippen molar-refractivity contribution >= 4 is 29.2 Å². The van der Waals surface area contributed by atoms with Crippen LogP contribution in [0.1, 0.15) is 27.3 Å². The van der Waals surface area contributed by atoms with Crippen molar-refractivity contribution in [2.75, 3.05) is 32.5 Å². The number of likely N-dealkylation sites (N-methyl/N-ethyl adjacent to an activating group) is 1. The molecule has 0 unspecified atom stereocenters. The SMILES string of the molecule is Cc1cc(C(=O)NCCN(C)C)c(C=C2C(=O)Nc3cccc(-c4ccccc4F)c32)[nH]1. The molecule has 32 heavy (non-hydrogen) atoms. The second-order valence-electron chi connectivity index (χ2n) is 8.06. The quantitative estimate of drug-likeness (QED) is 0.517. The van der Waals surface area contributed by atoms with Crippen LogP contribution in [0.4, 0.5) is 10.1 Å². The summed E-state index contributed by atoms with van der Waals surface area (Å²) in [5, 5.41) is 5.75. The van der Waals surface area contributed by atoms with Gasteiger partial charge in [-0.05, 0) is 50.9 Å². The molecule has 0 fully saturated rings. The number of carbonyl (C=O) groups excluding carboxylic acids is 2. The van der Waals surface area contributed by atoms with Crippen LogP contribution in [0, 0.1) is 12.7 Å². The summed E-state index contributed by atoms with van der Waals surface area (Å²) in [6, 6.07) is 13.6. The Bertz CT molecular complexity index is 1230. The topological polar surface area (TPSA) is 77.2 Å². The van der Waals surface area contributed by atoms with Crippen LogP contribution in [0.2, 0.25) is 0 Å². The van der Waals surface area contributed by atoms with E-state index in [-0.39, 0.29) is 17.6 Å². The maximum Gasteiger partial charge on any atom is 0.256 e. The minimum atomic E-state index is -0.365. The van der Waals surface area contributed by atoms with E-state index in [1.165, 1.54) is 6.07 Å². The standard InChI is InChI=1S/C25H25FN4O2/c1-15-13-18(24(31)27-11-12-30(2)3)22(28-15)14-19-23-17(16-7-4-5-9-20(16)26)8-6-10-21(23)29-25(19)32/h4-10,13-14,28H,11-12H2,1-3H3,(H,27,31)(H,29,32). The van der Waals surface area contributed by atoms with Crippen LogP contribution in [-0.2, 0) is 4.79 Å². The predicted octanol–water partition coefficient (Wildman–Crippen LogP) is 3.91. The molecule has 2 heterocycles. The highest BCUT2D eigenvalue weighted by Gasteiger charge is 2.29. The molecule has 4 rings (SSSR count). The molecule has 1 aromatic heterocycles. The van der Waals surface area contributed by atoms with Gasteiger partial charge >= 0.3 is 0 Å². The predicted molar refractivity (Wildman–Crippen MR) is 125 cm³/mol. The van der Waals surface area contributed by atoms with E-state index in [0.29, 0.717) is 52.3 Å². The molecule has 1 aliphatic rings. The van der Waals surface area contributed by atoms with Gasteiger partial charge in [0, 0.05) is 35.6 Å². The van der Waals surface area contributed by atoms with Crippen molar-refractivity contribution in [1.29, 1.82) is 0 Å². The van der Waals surface area contributed by atoms with Crippen LogP contribution in [-0.4, -0.2) is 48.9 Å². The number of hydrogen-bond donors (Lipinski definition) is 3. The summed E-state index contributed by atoms with van der Waals surface area (Å²) in [7, 11) is 3.87. The number of benzene rings is 2. The number of anilines is 1. The van der Waals surface area contributed by atoms with Gasteiger partial charge in [-0.3, -0.25) is 9.59 Å². The number of hydrogen-bond acceptors (Lipinski definition) is 3. The normalized spacial score (nSPS) is 14.0. The maximum atomic E-state index is 14.6. The number of fused-ring (bicyclic) bond motifs is 1. The third-order valence-electron chi connectivity index (χ3n) is 5.35. The monoisotopic (exact) mass is 432 g/mol. The number of carbonyl (C=O) groups is 2. The van der Waals surface area contributed by atoms with Crippen molar-refractivity contribution in [3.63, 3.8) is 0 Å². The smallest absolute Gasteiger partial charge is 0.256 e. The second-order valence-corrected chi connectivity index (χ2v) is 8.06. The van der Waals surface area contributed by atoms with E-state index < -0.39 is 0 Å². The Morgan fingerprint density at radius 2 is 1.88 bits per heavy atom. The van der Waals surface area contributed by atoms with Crippen molar-refractivity contribution < 1.29 is 14.0 Å². The molecule has 0 atom stereocenters. The van der Waals surface area contributed by atoms with Crippen molar-refractivity contribution in [2.45, 2.75) is 6.92 Å². The number of H-pyrrole nitrogens is 1. The van der Waals surface area contributed by atoms with Crippen LogP contribution in [0.15, 0.2) is 48.5 Å². The van der Waals surface area contributed by atoms with Gasteiger partial charge in [-0.25, -0.2) is 4.39 Å². The zero-order valence-electron chi connectivity index (χ0n) is 18.3. The second kappa shape index (κ2) is 8.80. The number of rotatable bonds is 6. The Morgan fingerprint density at radius 3 is 2.62 bits per heavy atom. The Morgan fingerprint density at radius 1 is 1.12 bits per heavy atom. The molecular weight excluding hydrogens is 407 g/mol. The number of nitrogens with one attached hydrogen (secondary N) is 3. The Kier molecular flexibility index (Phi) is 5.92. The molecular formula is C25H25FN4O2. The van der Waals surface area contributed by atoms with Gasteiger partial charge in [0.05, 0.1) is 16.8 Å². The number of aromatic nitrogens is 1. The molecule has 7 heteroatoms. The lowest BCUT2D eigenvalue weighted by Gasteiger charge is -2.11. The first-order chi connectivity index (χ1) is 15.3. The third kappa shape index (κ3) is 4.20. The van der Waals surface area contributed by atoms with Gasteiger partial charge in [0.25, 0.3) is 11.8 Å². The molecule has 2 amide bonds. The first kappa shape index (κ1) is 21.5. The zero-order chi connectivity index (χ0) is 22.8. The van der Waals surface area contributed by atoms with E-state index in [1.54, 1.807) is 48.5 Å². The van der Waals surface area contributed by atoms with E-state index in [4.69, 9.17) is 0 Å². The number of aromatic amines is 1. The minimum Gasteiger partial charge on any atom is -0.358 e. The van der Waals surface area contributed by atoms with Gasteiger partial charge < -0.3 is 20.5 Å². The summed E-state index contributed by atoms with van der Waals surface area (Å²) in [5.41, 5.74) is 4.43. The lowest BCUT2D eigenvalue weighted by molar-refractivity contribution is -0.110. The van der Waals surface area contributed by atoms with Gasteiger partial charge in [-0.1, -0.05) is 30.3 Å². The molecule has 0 aliphatic carbocycles. The van der Waals surface area contributed by atoms with Crippen molar-refractivity contribution in [3.8, 4) is 11.1 Å². The molecule has 6 nitrogen and oxygen atoms in total. The molecule has 2 aromatic carbocycles. The molecule has 0 spiro atoms. The fourth-order valence-corrected chi connectivity index (χ4v) is 3.84. The first-order valence-electron chi connectivity index (χ1n) is 10.4. The summed E-state index contributed by atoms with van der Waals surface area (Å²) < 4.78 is 14.6. The molecule has 0 saturated heterocycles. The van der Waals surface area contributed by atoms with Crippen LogP contribution < -0.4 is 10.6 Å². The summed E-state index contributed by atoms with van der Waals surface area (Å²) >= 11 is 0. The van der Waals surface area contributed by atoms with Crippen molar-refractivity contribution in [1.82, 2.24) is 15.2 Å². The first-order valence-corrected chi connectivity index (χ1v) is 10.4. The Balaban J connectivity index is 1.76. The molecule has 0 bridgehead atoms. The van der Waals surface area contributed by atoms with E-state index in [9.17, 15) is 14.0 Å². The lowest BCUT2D eigenvalue weighted by Crippen LogP contribution is -2.31. The number of halogens is 1. The highest BCUT2D eigenvalue weighted by molar-refractivity contribution is 6.36. The Hall–Kier alpha value is -3.71. The fraction of sp³-hybridized carbons (Fsp3) is 0.200. The summed E-state index contributed by atoms with van der Waals surface area (Å²) in [4.78, 5) is 30.8. The van der Waals surface area contributed by atoms with Crippen LogP contribution in [0.5, 0.6) is 0 Å². The van der Waals surface area contributed by atoms with Crippen LogP contribution in [0.3, 0.4) is 0 Å². The fourth-order valence-electron chi connectivity index (χ4n) is 3.84. The summed E-state index contributed by atoms with van der Waals surface area (Å²) in [5.74, 6) is -0.879. The summed E-state index contributed by atoms with van der Waals surface area (Å²) in [6.07, 6.45) is 1.67. The molecule has 1 aliphatic heterocycles.